The van der Waals surface area contributed by atoms with Crippen LogP contribution in [0.1, 0.15) is 38.6 Å². The van der Waals surface area contributed by atoms with E-state index in [0.29, 0.717) is 6.04 Å². The van der Waals surface area contributed by atoms with Crippen LogP contribution in [0, 0.1) is 6.92 Å². The number of aromatic nitrogens is 3. The van der Waals surface area contributed by atoms with E-state index < -0.39 is 0 Å². The van der Waals surface area contributed by atoms with Crippen molar-refractivity contribution in [2.75, 3.05) is 20.1 Å². The quantitative estimate of drug-likeness (QED) is 0.782. The van der Waals surface area contributed by atoms with Gasteiger partial charge in [-0.3, -0.25) is 4.57 Å². The molecular weight excluding hydrogens is 204 g/mol. The maximum atomic E-state index is 11.5. The van der Waals surface area contributed by atoms with Crippen LogP contribution in [0.4, 0.5) is 0 Å². The molecule has 0 aromatic carbocycles. The molecule has 2 rings (SSSR count). The molecule has 1 saturated heterocycles. The molecule has 1 aromatic heterocycles. The van der Waals surface area contributed by atoms with Crippen LogP contribution in [-0.2, 0) is 0 Å². The second kappa shape index (κ2) is 5.84. The Morgan fingerprint density at radius 1 is 1.31 bits per heavy atom. The van der Waals surface area contributed by atoms with Gasteiger partial charge in [-0.1, -0.05) is 13.8 Å². The number of hydrogen-bond acceptors (Lipinski definition) is 3. The highest BCUT2D eigenvalue weighted by molar-refractivity contribution is 4.88. The molecule has 5 nitrogen and oxygen atoms in total. The van der Waals surface area contributed by atoms with Gasteiger partial charge in [0.2, 0.25) is 0 Å². The predicted molar refractivity (Wildman–Crippen MR) is 64.7 cm³/mol. The first-order valence-electron chi connectivity index (χ1n) is 6.00. The summed E-state index contributed by atoms with van der Waals surface area (Å²) in [5.41, 5.74) is -0.0722. The van der Waals surface area contributed by atoms with E-state index in [1.54, 1.807) is 4.57 Å². The smallest absolute Gasteiger partial charge is 0.306 e. The highest BCUT2D eigenvalue weighted by Crippen LogP contribution is 2.20. The Labute approximate surface area is 96.5 Å². The Morgan fingerprint density at radius 2 is 1.88 bits per heavy atom. The summed E-state index contributed by atoms with van der Waals surface area (Å²) in [5.74, 6) is 0.796. The summed E-state index contributed by atoms with van der Waals surface area (Å²) in [7, 11) is 2.11. The van der Waals surface area contributed by atoms with E-state index in [1.165, 1.54) is 0 Å². The minimum atomic E-state index is -0.0722. The first kappa shape index (κ1) is 13.0. The van der Waals surface area contributed by atoms with E-state index in [9.17, 15) is 4.79 Å². The molecule has 0 aliphatic carbocycles. The van der Waals surface area contributed by atoms with Gasteiger partial charge in [-0.15, -0.1) is 0 Å². The fourth-order valence-electron chi connectivity index (χ4n) is 2.07. The van der Waals surface area contributed by atoms with Crippen molar-refractivity contribution in [2.45, 2.75) is 39.7 Å². The average Bonchev–Trinajstić information content (AvgIpc) is 2.63. The maximum Gasteiger partial charge on any atom is 0.343 e. The second-order valence-corrected chi connectivity index (χ2v) is 3.98. The Morgan fingerprint density at radius 3 is 2.31 bits per heavy atom. The topological polar surface area (TPSA) is 53.9 Å². The van der Waals surface area contributed by atoms with Crippen molar-refractivity contribution in [2.24, 2.45) is 0 Å². The third-order valence-corrected chi connectivity index (χ3v) is 2.93. The normalized spacial score (nSPS) is 18.0. The van der Waals surface area contributed by atoms with Crippen molar-refractivity contribution in [3.05, 3.63) is 16.3 Å². The standard InChI is InChI=1S/C9H16N4O.C2H6/c1-7-10-11-9(14)13(7)8-3-5-12(2)6-4-8;1-2/h8H,3-6H2,1-2H3,(H,11,14);1-2H3. The van der Waals surface area contributed by atoms with Crippen LogP contribution in [0.25, 0.3) is 0 Å². The highest BCUT2D eigenvalue weighted by atomic mass is 16.1. The van der Waals surface area contributed by atoms with Gasteiger partial charge in [0, 0.05) is 6.04 Å². The third-order valence-electron chi connectivity index (χ3n) is 2.93. The first-order valence-corrected chi connectivity index (χ1v) is 6.00. The number of aromatic amines is 1. The Bertz CT molecular complexity index is 360. The van der Waals surface area contributed by atoms with E-state index in [0.717, 1.165) is 31.8 Å². The number of aryl methyl sites for hydroxylation is 1. The number of likely N-dealkylation sites (tertiary alicyclic amines) is 1. The number of nitrogens with zero attached hydrogens (tertiary/aromatic N) is 3. The van der Waals surface area contributed by atoms with Crippen molar-refractivity contribution in [3.8, 4) is 0 Å². The molecule has 0 radical (unpaired) electrons. The minimum absolute atomic E-state index is 0.0722. The molecule has 2 heterocycles. The third kappa shape index (κ3) is 2.72. The van der Waals surface area contributed by atoms with Crippen LogP contribution in [0.5, 0.6) is 0 Å². The van der Waals surface area contributed by atoms with Crippen LogP contribution in [0.15, 0.2) is 4.79 Å². The Balaban J connectivity index is 0.000000606. The molecule has 1 aliphatic heterocycles. The van der Waals surface area contributed by atoms with E-state index in [2.05, 4.69) is 22.1 Å². The number of nitrogens with one attached hydrogen (secondary N) is 1. The SMILES string of the molecule is CC.Cc1n[nH]c(=O)n1C1CCN(C)CC1. The van der Waals surface area contributed by atoms with Gasteiger partial charge in [-0.2, -0.15) is 5.10 Å². The number of hydrogen-bond donors (Lipinski definition) is 1. The fraction of sp³-hybridized carbons (Fsp3) is 0.818. The van der Waals surface area contributed by atoms with Gasteiger partial charge in [0.15, 0.2) is 0 Å². The van der Waals surface area contributed by atoms with Gasteiger partial charge in [0.25, 0.3) is 0 Å². The highest BCUT2D eigenvalue weighted by Gasteiger charge is 2.21. The summed E-state index contributed by atoms with van der Waals surface area (Å²) in [4.78, 5) is 13.7. The summed E-state index contributed by atoms with van der Waals surface area (Å²) in [6.07, 6.45) is 2.08. The Kier molecular flexibility index (Phi) is 4.73. The lowest BCUT2D eigenvalue weighted by Crippen LogP contribution is -2.35. The zero-order chi connectivity index (χ0) is 12.1. The lowest BCUT2D eigenvalue weighted by molar-refractivity contribution is 0.217. The van der Waals surface area contributed by atoms with Crippen molar-refractivity contribution in [1.82, 2.24) is 19.7 Å². The molecule has 0 bridgehead atoms. The first-order chi connectivity index (χ1) is 7.68. The summed E-state index contributed by atoms with van der Waals surface area (Å²) in [5, 5.41) is 6.41. The average molecular weight is 226 g/mol. The predicted octanol–water partition coefficient (Wildman–Crippen LogP) is 1.17. The number of piperidine rings is 1. The zero-order valence-electron chi connectivity index (χ0n) is 10.7. The molecule has 1 N–H and O–H groups in total. The monoisotopic (exact) mass is 226 g/mol. The van der Waals surface area contributed by atoms with E-state index in [-0.39, 0.29) is 5.69 Å². The largest absolute Gasteiger partial charge is 0.343 e. The molecule has 16 heavy (non-hydrogen) atoms. The molecule has 92 valence electrons. The summed E-state index contributed by atoms with van der Waals surface area (Å²) < 4.78 is 1.78. The lowest BCUT2D eigenvalue weighted by Gasteiger charge is -2.29. The van der Waals surface area contributed by atoms with Gasteiger partial charge in [0.05, 0.1) is 0 Å². The number of rotatable bonds is 1. The molecular formula is C11H22N4O. The van der Waals surface area contributed by atoms with E-state index in [4.69, 9.17) is 0 Å². The summed E-state index contributed by atoms with van der Waals surface area (Å²) in [6.45, 7) is 7.99. The zero-order valence-corrected chi connectivity index (χ0v) is 10.7. The van der Waals surface area contributed by atoms with Crippen molar-refractivity contribution in [3.63, 3.8) is 0 Å². The molecule has 0 spiro atoms. The molecule has 0 unspecified atom stereocenters. The Hall–Kier alpha value is -1.10. The lowest BCUT2D eigenvalue weighted by atomic mass is 10.1. The van der Waals surface area contributed by atoms with Gasteiger partial charge in [-0.05, 0) is 39.9 Å². The number of H-pyrrole nitrogens is 1. The van der Waals surface area contributed by atoms with E-state index in [1.807, 2.05) is 20.8 Å². The van der Waals surface area contributed by atoms with Crippen molar-refractivity contribution in [1.29, 1.82) is 0 Å². The molecule has 5 heteroatoms. The van der Waals surface area contributed by atoms with Crippen molar-refractivity contribution >= 4 is 0 Å². The van der Waals surface area contributed by atoms with Crippen LogP contribution >= 0.6 is 0 Å². The molecule has 0 atom stereocenters. The summed E-state index contributed by atoms with van der Waals surface area (Å²) >= 11 is 0. The van der Waals surface area contributed by atoms with Crippen LogP contribution in [0.2, 0.25) is 0 Å². The summed E-state index contributed by atoms with van der Waals surface area (Å²) in [6, 6.07) is 0.331. The van der Waals surface area contributed by atoms with Crippen LogP contribution in [0.3, 0.4) is 0 Å². The maximum absolute atomic E-state index is 11.5. The van der Waals surface area contributed by atoms with Gasteiger partial charge in [0.1, 0.15) is 5.82 Å². The van der Waals surface area contributed by atoms with Crippen molar-refractivity contribution < 1.29 is 0 Å². The molecule has 1 aromatic rings. The van der Waals surface area contributed by atoms with Crippen LogP contribution in [-0.4, -0.2) is 39.8 Å². The van der Waals surface area contributed by atoms with E-state index >= 15 is 0 Å². The van der Waals surface area contributed by atoms with Crippen LogP contribution < -0.4 is 5.69 Å². The van der Waals surface area contributed by atoms with Gasteiger partial charge in [-0.25, -0.2) is 9.89 Å². The molecule has 0 saturated carbocycles. The van der Waals surface area contributed by atoms with Gasteiger partial charge >= 0.3 is 5.69 Å². The molecule has 0 amide bonds. The van der Waals surface area contributed by atoms with Gasteiger partial charge < -0.3 is 4.90 Å². The second-order valence-electron chi connectivity index (χ2n) is 3.98. The minimum Gasteiger partial charge on any atom is -0.306 e. The fourth-order valence-corrected chi connectivity index (χ4v) is 2.07. The molecule has 1 aliphatic rings. The molecule has 1 fully saturated rings.